The highest BCUT2D eigenvalue weighted by Gasteiger charge is 2.18. The monoisotopic (exact) mass is 285 g/mol. The molecular weight excluding hydrogens is 258 g/mol. The van der Waals surface area contributed by atoms with E-state index in [2.05, 4.69) is 27.3 Å². The molecule has 3 rings (SSSR count). The average Bonchev–Trinajstić information content (AvgIpc) is 3.03. The van der Waals surface area contributed by atoms with Crippen LogP contribution in [0.5, 0.6) is 0 Å². The van der Waals surface area contributed by atoms with Crippen molar-refractivity contribution in [2.24, 2.45) is 0 Å². The van der Waals surface area contributed by atoms with Crippen LogP contribution in [0.3, 0.4) is 0 Å². The number of hydrogen-bond donors (Lipinski definition) is 1. The third-order valence-corrected chi connectivity index (χ3v) is 4.73. The Morgan fingerprint density at radius 2 is 2.19 bits per heavy atom. The number of hydrogen-bond acceptors (Lipinski definition) is 3. The van der Waals surface area contributed by atoms with Crippen LogP contribution in [0.15, 0.2) is 36.2 Å². The van der Waals surface area contributed by atoms with E-state index in [0.29, 0.717) is 0 Å². The third kappa shape index (κ3) is 4.65. The maximum absolute atomic E-state index is 4.20. The van der Waals surface area contributed by atoms with E-state index in [1.807, 2.05) is 18.5 Å². The van der Waals surface area contributed by atoms with Crippen molar-refractivity contribution in [3.63, 3.8) is 0 Å². The minimum absolute atomic E-state index is 0.720. The molecule has 2 aliphatic rings. The number of pyridine rings is 1. The van der Waals surface area contributed by atoms with Crippen LogP contribution in [0.1, 0.15) is 44.1 Å². The molecule has 1 aliphatic heterocycles. The van der Waals surface area contributed by atoms with Gasteiger partial charge in [-0.25, -0.2) is 0 Å². The van der Waals surface area contributed by atoms with Crippen LogP contribution < -0.4 is 5.32 Å². The summed E-state index contributed by atoms with van der Waals surface area (Å²) in [6.45, 7) is 4.62. The van der Waals surface area contributed by atoms with E-state index in [1.54, 1.807) is 5.57 Å². The van der Waals surface area contributed by atoms with Gasteiger partial charge in [0.1, 0.15) is 0 Å². The molecule has 1 saturated heterocycles. The summed E-state index contributed by atoms with van der Waals surface area (Å²) in [5.74, 6) is 0. The Balaban J connectivity index is 1.33. The highest BCUT2D eigenvalue weighted by Crippen LogP contribution is 2.20. The van der Waals surface area contributed by atoms with Crippen molar-refractivity contribution in [1.82, 2.24) is 15.2 Å². The van der Waals surface area contributed by atoms with Crippen molar-refractivity contribution >= 4 is 0 Å². The fraction of sp³-hybridized carbons (Fsp3) is 0.611. The van der Waals surface area contributed by atoms with Crippen LogP contribution in [-0.2, 0) is 6.54 Å². The molecule has 0 radical (unpaired) electrons. The van der Waals surface area contributed by atoms with Gasteiger partial charge in [-0.05, 0) is 69.8 Å². The van der Waals surface area contributed by atoms with E-state index in [4.69, 9.17) is 0 Å². The van der Waals surface area contributed by atoms with Gasteiger partial charge in [-0.1, -0.05) is 17.7 Å². The summed E-state index contributed by atoms with van der Waals surface area (Å²) in [6.07, 6.45) is 14.1. The third-order valence-electron chi connectivity index (χ3n) is 4.73. The predicted octanol–water partition coefficient (Wildman–Crippen LogP) is 3.14. The summed E-state index contributed by atoms with van der Waals surface area (Å²) in [5.41, 5.74) is 3.01. The molecule has 0 bridgehead atoms. The summed E-state index contributed by atoms with van der Waals surface area (Å²) in [7, 11) is 0. The van der Waals surface area contributed by atoms with Crippen molar-refractivity contribution < 1.29 is 0 Å². The van der Waals surface area contributed by atoms with Crippen molar-refractivity contribution in [1.29, 1.82) is 0 Å². The van der Waals surface area contributed by atoms with Gasteiger partial charge in [-0.3, -0.25) is 9.88 Å². The molecule has 1 fully saturated rings. The van der Waals surface area contributed by atoms with Gasteiger partial charge >= 0.3 is 0 Å². The molecular formula is C18H27N3. The molecule has 0 unspecified atom stereocenters. The first-order valence-electron chi connectivity index (χ1n) is 8.43. The lowest BCUT2D eigenvalue weighted by Crippen LogP contribution is -2.42. The van der Waals surface area contributed by atoms with E-state index in [0.717, 1.165) is 12.6 Å². The van der Waals surface area contributed by atoms with Crippen LogP contribution in [0.2, 0.25) is 0 Å². The second kappa shape index (κ2) is 7.71. The smallest absolute Gasteiger partial charge is 0.0312 e. The predicted molar refractivity (Wildman–Crippen MR) is 87.1 cm³/mol. The maximum Gasteiger partial charge on any atom is 0.0312 e. The van der Waals surface area contributed by atoms with Crippen molar-refractivity contribution in [3.8, 4) is 0 Å². The number of nitrogens with one attached hydrogen (secondary N) is 1. The molecule has 0 amide bonds. The lowest BCUT2D eigenvalue weighted by atomic mass is 10.0. The second-order valence-electron chi connectivity index (χ2n) is 6.37. The largest absolute Gasteiger partial charge is 0.314 e. The van der Waals surface area contributed by atoms with E-state index in [1.165, 1.54) is 63.7 Å². The quantitative estimate of drug-likeness (QED) is 0.814. The average molecular weight is 285 g/mol. The van der Waals surface area contributed by atoms with Gasteiger partial charge < -0.3 is 5.32 Å². The summed E-state index contributed by atoms with van der Waals surface area (Å²) in [4.78, 5) is 6.75. The first-order valence-corrected chi connectivity index (χ1v) is 8.43. The molecule has 3 nitrogen and oxygen atoms in total. The van der Waals surface area contributed by atoms with Gasteiger partial charge in [0.15, 0.2) is 0 Å². The molecule has 2 heterocycles. The van der Waals surface area contributed by atoms with Gasteiger partial charge in [-0.2, -0.15) is 0 Å². The van der Waals surface area contributed by atoms with E-state index in [-0.39, 0.29) is 0 Å². The standard InChI is InChI=1S/C18H27N3/c1-2-5-16(4-1)7-11-20-18-8-12-21(13-9-18)15-17-6-3-10-19-14-17/h3-4,6,10,14,18,20H,1-2,5,7-9,11-13,15H2. The van der Waals surface area contributed by atoms with E-state index in [9.17, 15) is 0 Å². The van der Waals surface area contributed by atoms with Crippen LogP contribution in [0, 0.1) is 0 Å². The maximum atomic E-state index is 4.20. The molecule has 21 heavy (non-hydrogen) atoms. The highest BCUT2D eigenvalue weighted by atomic mass is 15.1. The number of nitrogens with zero attached hydrogens (tertiary/aromatic N) is 2. The minimum Gasteiger partial charge on any atom is -0.314 e. The van der Waals surface area contributed by atoms with Gasteiger partial charge in [-0.15, -0.1) is 0 Å². The van der Waals surface area contributed by atoms with Gasteiger partial charge in [0.05, 0.1) is 0 Å². The van der Waals surface area contributed by atoms with Gasteiger partial charge in [0.25, 0.3) is 0 Å². The first kappa shape index (κ1) is 14.7. The molecule has 0 spiro atoms. The molecule has 0 aromatic carbocycles. The Morgan fingerprint density at radius 1 is 1.29 bits per heavy atom. The number of aromatic nitrogens is 1. The Bertz CT molecular complexity index is 447. The van der Waals surface area contributed by atoms with Crippen molar-refractivity contribution in [2.45, 2.75) is 51.1 Å². The molecule has 1 N–H and O–H groups in total. The van der Waals surface area contributed by atoms with E-state index < -0.39 is 0 Å². The zero-order valence-electron chi connectivity index (χ0n) is 12.9. The summed E-state index contributed by atoms with van der Waals surface area (Å²) < 4.78 is 0. The molecule has 3 heteroatoms. The number of likely N-dealkylation sites (tertiary alicyclic amines) is 1. The zero-order valence-corrected chi connectivity index (χ0v) is 12.9. The number of piperidine rings is 1. The van der Waals surface area contributed by atoms with E-state index >= 15 is 0 Å². The molecule has 0 atom stereocenters. The molecule has 1 aromatic heterocycles. The number of rotatable bonds is 6. The number of allylic oxidation sites excluding steroid dienone is 1. The lowest BCUT2D eigenvalue weighted by Gasteiger charge is -2.32. The van der Waals surface area contributed by atoms with Crippen molar-refractivity contribution in [3.05, 3.63) is 41.7 Å². The van der Waals surface area contributed by atoms with Crippen LogP contribution >= 0.6 is 0 Å². The fourth-order valence-corrected chi connectivity index (χ4v) is 3.45. The van der Waals surface area contributed by atoms with Crippen LogP contribution in [0.25, 0.3) is 0 Å². The summed E-state index contributed by atoms with van der Waals surface area (Å²) in [5, 5.41) is 3.75. The Labute approximate surface area is 128 Å². The summed E-state index contributed by atoms with van der Waals surface area (Å²) >= 11 is 0. The molecule has 1 aromatic rings. The van der Waals surface area contributed by atoms with Gasteiger partial charge in [0.2, 0.25) is 0 Å². The molecule has 0 saturated carbocycles. The summed E-state index contributed by atoms with van der Waals surface area (Å²) in [6, 6.07) is 4.92. The highest BCUT2D eigenvalue weighted by molar-refractivity contribution is 5.09. The zero-order chi connectivity index (χ0) is 14.3. The first-order chi connectivity index (χ1) is 10.4. The van der Waals surface area contributed by atoms with Crippen LogP contribution in [-0.4, -0.2) is 35.6 Å². The Kier molecular flexibility index (Phi) is 5.41. The Hall–Kier alpha value is -1.19. The van der Waals surface area contributed by atoms with Crippen LogP contribution in [0.4, 0.5) is 0 Å². The van der Waals surface area contributed by atoms with Crippen molar-refractivity contribution in [2.75, 3.05) is 19.6 Å². The topological polar surface area (TPSA) is 28.2 Å². The molecule has 114 valence electrons. The second-order valence-corrected chi connectivity index (χ2v) is 6.37. The van der Waals surface area contributed by atoms with Gasteiger partial charge in [0, 0.05) is 25.0 Å². The normalized spacial score (nSPS) is 20.7. The Morgan fingerprint density at radius 3 is 2.90 bits per heavy atom. The SMILES string of the molecule is C1=C(CCNC2CCN(Cc3cccnc3)CC2)CCC1. The minimum atomic E-state index is 0.720. The lowest BCUT2D eigenvalue weighted by molar-refractivity contribution is 0.191. The molecule has 1 aliphatic carbocycles. The fourth-order valence-electron chi connectivity index (χ4n) is 3.45.